The number of carbonyl (C=O) groups is 1. The van der Waals surface area contributed by atoms with Gasteiger partial charge in [0, 0.05) is 30.6 Å². The van der Waals surface area contributed by atoms with Crippen LogP contribution in [0.3, 0.4) is 0 Å². The maximum atomic E-state index is 14.0. The van der Waals surface area contributed by atoms with E-state index >= 15 is 0 Å². The molecule has 1 amide bonds. The summed E-state index contributed by atoms with van der Waals surface area (Å²) in [5, 5.41) is 14.6. The molecule has 1 atom stereocenters. The van der Waals surface area contributed by atoms with E-state index < -0.39 is 23.8 Å². The van der Waals surface area contributed by atoms with Crippen LogP contribution < -0.4 is 15.7 Å². The third-order valence-corrected chi connectivity index (χ3v) is 7.02. The lowest BCUT2D eigenvalue weighted by Gasteiger charge is -2.22. The third kappa shape index (κ3) is 5.91. The molecule has 12 heteroatoms. The SMILES string of the molecule is CCOc1c(C(=O)NC(c2ccc(F)c(C)c2)C2CC2)cc(Cn2ccoc2=N)cc1-c1cn(C)nc1C(F)(F)F. The van der Waals surface area contributed by atoms with Crippen molar-refractivity contribution in [2.24, 2.45) is 13.0 Å². The van der Waals surface area contributed by atoms with E-state index in [0.717, 1.165) is 23.1 Å². The first kappa shape index (κ1) is 28.2. The molecule has 2 aromatic heterocycles. The van der Waals surface area contributed by atoms with Gasteiger partial charge in [-0.2, -0.15) is 18.3 Å². The fraction of sp³-hybridized carbons (Fsp3) is 0.345. The number of oxazole rings is 1. The van der Waals surface area contributed by atoms with E-state index in [1.54, 1.807) is 32.0 Å². The molecule has 1 unspecified atom stereocenters. The van der Waals surface area contributed by atoms with Crippen molar-refractivity contribution in [1.29, 1.82) is 5.41 Å². The van der Waals surface area contributed by atoms with Gasteiger partial charge in [0.15, 0.2) is 5.69 Å². The van der Waals surface area contributed by atoms with Crippen molar-refractivity contribution < 1.29 is 31.5 Å². The molecule has 2 aromatic carbocycles. The standard InChI is InChI=1S/C29H29F4N5O3/c1-4-40-25-20(22-15-37(3)36-26(22)29(31,32)33)12-17(14-38-9-10-41-28(38)34)13-21(25)27(39)35-24(18-5-6-18)19-7-8-23(30)16(2)11-19/h7-13,15,18,24,34H,4-6,14H2,1-3H3,(H,35,39). The first-order valence-corrected chi connectivity index (χ1v) is 13.1. The number of nitrogens with one attached hydrogen (secondary N) is 2. The third-order valence-electron chi connectivity index (χ3n) is 7.02. The van der Waals surface area contributed by atoms with Crippen LogP contribution in [-0.2, 0) is 19.8 Å². The van der Waals surface area contributed by atoms with E-state index in [0.29, 0.717) is 11.1 Å². The summed E-state index contributed by atoms with van der Waals surface area (Å²) in [6.07, 6.45) is 1.06. The molecule has 1 aliphatic rings. The Morgan fingerprint density at radius 1 is 1.24 bits per heavy atom. The molecule has 0 spiro atoms. The van der Waals surface area contributed by atoms with Gasteiger partial charge in [-0.05, 0) is 67.5 Å². The molecular formula is C29H29F4N5O3. The van der Waals surface area contributed by atoms with Gasteiger partial charge in [0.1, 0.15) is 17.8 Å². The number of benzene rings is 2. The summed E-state index contributed by atoms with van der Waals surface area (Å²) in [5.74, 6) is -0.769. The Morgan fingerprint density at radius 3 is 2.61 bits per heavy atom. The number of nitrogens with zero attached hydrogens (tertiary/aromatic N) is 3. The second-order valence-electron chi connectivity index (χ2n) is 10.1. The maximum absolute atomic E-state index is 14.0. The van der Waals surface area contributed by atoms with E-state index in [1.165, 1.54) is 42.4 Å². The largest absolute Gasteiger partial charge is 0.492 e. The average molecular weight is 572 g/mol. The van der Waals surface area contributed by atoms with Gasteiger partial charge in [-0.15, -0.1) is 0 Å². The zero-order chi connectivity index (χ0) is 29.5. The Balaban J connectivity index is 1.65. The minimum Gasteiger partial charge on any atom is -0.492 e. The van der Waals surface area contributed by atoms with Gasteiger partial charge in [0.2, 0.25) is 0 Å². The Kier molecular flexibility index (Phi) is 7.50. The molecule has 0 aliphatic heterocycles. The highest BCUT2D eigenvalue weighted by Crippen LogP contribution is 2.44. The van der Waals surface area contributed by atoms with Crippen LogP contribution in [0.2, 0.25) is 0 Å². The highest BCUT2D eigenvalue weighted by atomic mass is 19.4. The topological polar surface area (TPSA) is 98.1 Å². The molecule has 0 bridgehead atoms. The second kappa shape index (κ2) is 10.9. The van der Waals surface area contributed by atoms with E-state index in [4.69, 9.17) is 14.6 Å². The summed E-state index contributed by atoms with van der Waals surface area (Å²) in [5.41, 5.74) is 0.211. The number of aryl methyl sites for hydroxylation is 2. The number of ether oxygens (including phenoxy) is 1. The fourth-order valence-electron chi connectivity index (χ4n) is 4.95. The van der Waals surface area contributed by atoms with Crippen LogP contribution in [0.4, 0.5) is 17.6 Å². The minimum atomic E-state index is -4.76. The lowest BCUT2D eigenvalue weighted by atomic mass is 9.96. The van der Waals surface area contributed by atoms with Gasteiger partial charge in [-0.3, -0.25) is 19.5 Å². The van der Waals surface area contributed by atoms with Gasteiger partial charge in [-0.1, -0.05) is 12.1 Å². The monoisotopic (exact) mass is 571 g/mol. The normalized spacial score (nSPS) is 14.2. The minimum absolute atomic E-state index is 0.0135. The maximum Gasteiger partial charge on any atom is 0.435 e. The quantitative estimate of drug-likeness (QED) is 0.250. The molecule has 0 radical (unpaired) electrons. The van der Waals surface area contributed by atoms with E-state index in [9.17, 15) is 22.4 Å². The van der Waals surface area contributed by atoms with E-state index in [2.05, 4.69) is 10.4 Å². The van der Waals surface area contributed by atoms with E-state index in [-0.39, 0.29) is 53.0 Å². The molecule has 5 rings (SSSR count). The van der Waals surface area contributed by atoms with Gasteiger partial charge in [0.05, 0.1) is 24.8 Å². The number of rotatable bonds is 9. The van der Waals surface area contributed by atoms with Crippen LogP contribution in [0.5, 0.6) is 5.75 Å². The summed E-state index contributed by atoms with van der Waals surface area (Å²) in [7, 11) is 1.38. The van der Waals surface area contributed by atoms with Crippen molar-refractivity contribution in [3.05, 3.63) is 88.4 Å². The van der Waals surface area contributed by atoms with Crippen molar-refractivity contribution in [1.82, 2.24) is 19.7 Å². The van der Waals surface area contributed by atoms with Gasteiger partial charge in [-0.25, -0.2) is 4.39 Å². The van der Waals surface area contributed by atoms with Crippen LogP contribution in [0.15, 0.2) is 53.4 Å². The van der Waals surface area contributed by atoms with Crippen LogP contribution in [-0.4, -0.2) is 26.9 Å². The van der Waals surface area contributed by atoms with Gasteiger partial charge >= 0.3 is 6.18 Å². The van der Waals surface area contributed by atoms with Crippen molar-refractivity contribution >= 4 is 5.91 Å². The molecule has 2 N–H and O–H groups in total. The number of halogens is 4. The first-order chi connectivity index (χ1) is 19.5. The Morgan fingerprint density at radius 2 is 2.00 bits per heavy atom. The Hall–Kier alpha value is -4.35. The summed E-state index contributed by atoms with van der Waals surface area (Å²) in [6.45, 7) is 3.47. The summed E-state index contributed by atoms with van der Waals surface area (Å²) in [6, 6.07) is 7.32. The lowest BCUT2D eigenvalue weighted by molar-refractivity contribution is -0.140. The Bertz CT molecular complexity index is 1650. The smallest absolute Gasteiger partial charge is 0.435 e. The molecule has 41 heavy (non-hydrogen) atoms. The van der Waals surface area contributed by atoms with Gasteiger partial charge in [0.25, 0.3) is 11.6 Å². The highest BCUT2D eigenvalue weighted by Gasteiger charge is 2.39. The summed E-state index contributed by atoms with van der Waals surface area (Å²) >= 11 is 0. The van der Waals surface area contributed by atoms with Crippen molar-refractivity contribution in [2.75, 3.05) is 6.61 Å². The summed E-state index contributed by atoms with van der Waals surface area (Å²) in [4.78, 5) is 13.9. The molecule has 2 heterocycles. The first-order valence-electron chi connectivity index (χ1n) is 13.1. The number of hydrogen-bond donors (Lipinski definition) is 2. The molecular weight excluding hydrogens is 542 g/mol. The van der Waals surface area contributed by atoms with Crippen LogP contribution >= 0.6 is 0 Å². The number of amides is 1. The van der Waals surface area contributed by atoms with Crippen LogP contribution in [0.25, 0.3) is 11.1 Å². The zero-order valence-corrected chi connectivity index (χ0v) is 22.7. The van der Waals surface area contributed by atoms with Crippen molar-refractivity contribution in [3.63, 3.8) is 0 Å². The zero-order valence-electron chi connectivity index (χ0n) is 22.7. The fourth-order valence-corrected chi connectivity index (χ4v) is 4.95. The predicted octanol–water partition coefficient (Wildman–Crippen LogP) is 5.76. The molecule has 1 fully saturated rings. The molecule has 0 saturated heterocycles. The Labute approximate surface area is 233 Å². The van der Waals surface area contributed by atoms with Crippen molar-refractivity contribution in [2.45, 2.75) is 45.5 Å². The van der Waals surface area contributed by atoms with Gasteiger partial charge < -0.3 is 14.5 Å². The molecule has 4 aromatic rings. The summed E-state index contributed by atoms with van der Waals surface area (Å²) < 4.78 is 69.5. The second-order valence-corrected chi connectivity index (χ2v) is 10.1. The molecule has 216 valence electrons. The number of carbonyl (C=O) groups excluding carboxylic acids is 1. The predicted molar refractivity (Wildman–Crippen MR) is 141 cm³/mol. The van der Waals surface area contributed by atoms with Crippen LogP contribution in [0, 0.1) is 24.1 Å². The molecule has 8 nitrogen and oxygen atoms in total. The lowest BCUT2D eigenvalue weighted by Crippen LogP contribution is -2.30. The number of aromatic nitrogens is 3. The number of alkyl halides is 3. The molecule has 1 aliphatic carbocycles. The molecule has 1 saturated carbocycles. The average Bonchev–Trinajstić information content (AvgIpc) is 3.56. The van der Waals surface area contributed by atoms with Crippen molar-refractivity contribution in [3.8, 4) is 16.9 Å². The number of hydrogen-bond acceptors (Lipinski definition) is 5. The highest BCUT2D eigenvalue weighted by molar-refractivity contribution is 6.00. The van der Waals surface area contributed by atoms with Crippen LogP contribution in [0.1, 0.15) is 58.5 Å². The van der Waals surface area contributed by atoms with E-state index in [1.807, 2.05) is 0 Å².